The van der Waals surface area contributed by atoms with Crippen LogP contribution in [0.2, 0.25) is 0 Å². The van der Waals surface area contributed by atoms with E-state index in [4.69, 9.17) is 18.9 Å². The predicted molar refractivity (Wildman–Crippen MR) is 168 cm³/mol. The van der Waals surface area contributed by atoms with E-state index >= 15 is 0 Å². The lowest BCUT2D eigenvalue weighted by Crippen LogP contribution is -2.36. The minimum Gasteiger partial charge on any atom is -0.493 e. The third-order valence-electron chi connectivity index (χ3n) is 8.94. The van der Waals surface area contributed by atoms with E-state index in [2.05, 4.69) is 5.32 Å². The molecule has 0 radical (unpaired) electrons. The summed E-state index contributed by atoms with van der Waals surface area (Å²) in [6.07, 6.45) is 4.72. The van der Waals surface area contributed by atoms with Crippen LogP contribution in [0.1, 0.15) is 74.0 Å². The Morgan fingerprint density at radius 1 is 0.864 bits per heavy atom. The standard InChI is InChI=1S/C37H39NO6/c1-23-34(37(40)44-28-13-7-8-14-28)35(26-12-9-15-29(18-26)43-22-24-10-5-4-6-11-24)36-30(38-23)19-27(20-31(36)39)25-16-17-32(41-2)33(21-25)42-3/h4-6,9-12,15-18,21,27-28,35,38H,7-8,13-14,19-20,22H2,1-3H3/t27-,35-/m1/s1. The Hall–Kier alpha value is -4.52. The minimum atomic E-state index is -0.556. The average molecular weight is 594 g/mol. The molecule has 1 N–H and O–H groups in total. The van der Waals surface area contributed by atoms with Gasteiger partial charge < -0.3 is 24.3 Å². The van der Waals surface area contributed by atoms with Gasteiger partial charge in [0.05, 0.1) is 19.8 Å². The van der Waals surface area contributed by atoms with Crippen molar-refractivity contribution in [3.63, 3.8) is 0 Å². The lowest BCUT2D eigenvalue weighted by atomic mass is 9.71. The van der Waals surface area contributed by atoms with E-state index < -0.39 is 5.92 Å². The predicted octanol–water partition coefficient (Wildman–Crippen LogP) is 7.13. The van der Waals surface area contributed by atoms with Crippen molar-refractivity contribution in [1.82, 2.24) is 5.32 Å². The van der Waals surface area contributed by atoms with Gasteiger partial charge in [0, 0.05) is 29.3 Å². The number of hydrogen-bond donors (Lipinski definition) is 1. The summed E-state index contributed by atoms with van der Waals surface area (Å²) in [6.45, 7) is 2.32. The van der Waals surface area contributed by atoms with E-state index in [1.54, 1.807) is 14.2 Å². The molecule has 1 heterocycles. The van der Waals surface area contributed by atoms with Crippen LogP contribution in [0.5, 0.6) is 17.2 Å². The third kappa shape index (κ3) is 6.09. The number of ketones is 1. The van der Waals surface area contributed by atoms with Gasteiger partial charge in [-0.1, -0.05) is 48.5 Å². The van der Waals surface area contributed by atoms with Crippen LogP contribution in [0.4, 0.5) is 0 Å². The van der Waals surface area contributed by atoms with Gasteiger partial charge in [-0.25, -0.2) is 4.79 Å². The second kappa shape index (κ2) is 13.0. The van der Waals surface area contributed by atoms with Crippen LogP contribution in [-0.2, 0) is 20.9 Å². The first-order valence-electron chi connectivity index (χ1n) is 15.4. The molecule has 228 valence electrons. The van der Waals surface area contributed by atoms with Crippen molar-refractivity contribution >= 4 is 11.8 Å². The highest BCUT2D eigenvalue weighted by atomic mass is 16.5. The molecule has 1 aliphatic heterocycles. The highest BCUT2D eigenvalue weighted by molar-refractivity contribution is 6.04. The van der Waals surface area contributed by atoms with Crippen LogP contribution in [0.3, 0.4) is 0 Å². The summed E-state index contributed by atoms with van der Waals surface area (Å²) < 4.78 is 23.2. The molecule has 1 saturated carbocycles. The molecule has 2 aliphatic carbocycles. The molecule has 0 saturated heterocycles. The van der Waals surface area contributed by atoms with Crippen LogP contribution in [-0.4, -0.2) is 32.1 Å². The molecule has 2 atom stereocenters. The van der Waals surface area contributed by atoms with Crippen LogP contribution in [0.15, 0.2) is 95.3 Å². The molecular weight excluding hydrogens is 554 g/mol. The number of allylic oxidation sites excluding steroid dienone is 3. The highest BCUT2D eigenvalue weighted by Gasteiger charge is 2.42. The normalized spacial score (nSPS) is 20.2. The Labute approximate surface area is 258 Å². The minimum absolute atomic E-state index is 0.0119. The number of ether oxygens (including phenoxy) is 4. The zero-order valence-corrected chi connectivity index (χ0v) is 25.6. The van der Waals surface area contributed by atoms with Gasteiger partial charge in [-0.2, -0.15) is 0 Å². The van der Waals surface area contributed by atoms with Crippen molar-refractivity contribution in [1.29, 1.82) is 0 Å². The van der Waals surface area contributed by atoms with Gasteiger partial charge in [-0.3, -0.25) is 4.79 Å². The van der Waals surface area contributed by atoms with Crippen LogP contribution in [0.25, 0.3) is 0 Å². The second-order valence-electron chi connectivity index (χ2n) is 11.8. The van der Waals surface area contributed by atoms with E-state index in [-0.39, 0.29) is 23.8 Å². The molecule has 0 spiro atoms. The first kappa shape index (κ1) is 29.5. The number of rotatable bonds is 9. The van der Waals surface area contributed by atoms with Gasteiger partial charge in [-0.15, -0.1) is 0 Å². The van der Waals surface area contributed by atoms with Gasteiger partial charge in [0.25, 0.3) is 0 Å². The molecule has 0 amide bonds. The summed E-state index contributed by atoms with van der Waals surface area (Å²) in [7, 11) is 3.22. The summed E-state index contributed by atoms with van der Waals surface area (Å²) in [4.78, 5) is 28.0. The van der Waals surface area contributed by atoms with E-state index in [0.717, 1.165) is 48.1 Å². The molecule has 3 aromatic carbocycles. The lowest BCUT2D eigenvalue weighted by molar-refractivity contribution is -0.144. The van der Waals surface area contributed by atoms with E-state index in [0.29, 0.717) is 53.5 Å². The summed E-state index contributed by atoms with van der Waals surface area (Å²) in [5.74, 6) is 1.01. The van der Waals surface area contributed by atoms with Gasteiger partial charge in [-0.05, 0) is 85.9 Å². The molecule has 3 aromatic rings. The van der Waals surface area contributed by atoms with Crippen molar-refractivity contribution in [2.24, 2.45) is 0 Å². The Bertz CT molecular complexity index is 1600. The molecule has 0 aromatic heterocycles. The molecule has 6 rings (SSSR count). The largest absolute Gasteiger partial charge is 0.493 e. The summed E-state index contributed by atoms with van der Waals surface area (Å²) in [5.41, 5.74) is 5.58. The van der Waals surface area contributed by atoms with Crippen LogP contribution in [0, 0.1) is 0 Å². The number of carbonyl (C=O) groups is 2. The molecule has 7 heteroatoms. The fraction of sp³-hybridized carbons (Fsp3) is 0.351. The zero-order valence-electron chi connectivity index (χ0n) is 25.6. The third-order valence-corrected chi connectivity index (χ3v) is 8.94. The molecule has 44 heavy (non-hydrogen) atoms. The van der Waals surface area contributed by atoms with Crippen LogP contribution >= 0.6 is 0 Å². The number of esters is 1. The smallest absolute Gasteiger partial charge is 0.337 e. The number of nitrogens with one attached hydrogen (secondary N) is 1. The van der Waals surface area contributed by atoms with Gasteiger partial charge in [0.15, 0.2) is 17.3 Å². The first-order valence-corrected chi connectivity index (χ1v) is 15.4. The van der Waals surface area contributed by atoms with Crippen molar-refractivity contribution < 1.29 is 28.5 Å². The maximum absolute atomic E-state index is 14.1. The fourth-order valence-electron chi connectivity index (χ4n) is 6.73. The number of hydrogen-bond acceptors (Lipinski definition) is 7. The first-order chi connectivity index (χ1) is 21.4. The number of benzene rings is 3. The monoisotopic (exact) mass is 593 g/mol. The molecule has 0 unspecified atom stereocenters. The number of dihydropyridines is 1. The van der Waals surface area contributed by atoms with Gasteiger partial charge >= 0.3 is 5.97 Å². The van der Waals surface area contributed by atoms with E-state index in [9.17, 15) is 9.59 Å². The lowest BCUT2D eigenvalue weighted by Gasteiger charge is -2.37. The zero-order chi connectivity index (χ0) is 30.6. The number of Topliss-reactive ketones (excluding diaryl/α,β-unsaturated/α-hetero) is 1. The van der Waals surface area contributed by atoms with E-state index in [1.807, 2.05) is 79.7 Å². The Kier molecular flexibility index (Phi) is 8.73. The van der Waals surface area contributed by atoms with Crippen molar-refractivity contribution in [3.05, 3.63) is 112 Å². The Balaban J connectivity index is 1.35. The molecule has 7 nitrogen and oxygen atoms in total. The van der Waals surface area contributed by atoms with E-state index in [1.165, 1.54) is 0 Å². The Morgan fingerprint density at radius 2 is 1.64 bits per heavy atom. The van der Waals surface area contributed by atoms with Crippen LogP contribution < -0.4 is 19.5 Å². The maximum Gasteiger partial charge on any atom is 0.337 e. The Morgan fingerprint density at radius 3 is 2.39 bits per heavy atom. The van der Waals surface area contributed by atoms with Crippen molar-refractivity contribution in [2.45, 2.75) is 70.0 Å². The second-order valence-corrected chi connectivity index (χ2v) is 11.8. The molecule has 1 fully saturated rings. The molecule has 0 bridgehead atoms. The summed E-state index contributed by atoms with van der Waals surface area (Å²) >= 11 is 0. The number of methoxy groups -OCH3 is 2. The topological polar surface area (TPSA) is 83.1 Å². The van der Waals surface area contributed by atoms with Crippen molar-refractivity contribution in [3.8, 4) is 17.2 Å². The van der Waals surface area contributed by atoms with Crippen molar-refractivity contribution in [2.75, 3.05) is 14.2 Å². The summed E-state index contributed by atoms with van der Waals surface area (Å²) in [6, 6.07) is 23.6. The molecular formula is C37H39NO6. The fourth-order valence-corrected chi connectivity index (χ4v) is 6.73. The van der Waals surface area contributed by atoms with Gasteiger partial charge in [0.2, 0.25) is 0 Å². The summed E-state index contributed by atoms with van der Waals surface area (Å²) in [5, 5.41) is 3.47. The van der Waals surface area contributed by atoms with Gasteiger partial charge in [0.1, 0.15) is 18.5 Å². The number of carbonyl (C=O) groups excluding carboxylic acids is 2. The molecule has 3 aliphatic rings. The SMILES string of the molecule is COc1ccc([C@H]2CC(=O)C3=C(C2)NC(C)=C(C(=O)OC2CCCC2)[C@H]3c2cccc(OCc3ccccc3)c2)cc1OC. The maximum atomic E-state index is 14.1. The quantitative estimate of drug-likeness (QED) is 0.264. The highest BCUT2D eigenvalue weighted by Crippen LogP contribution is 2.47. The average Bonchev–Trinajstić information content (AvgIpc) is 3.56.